The van der Waals surface area contributed by atoms with Crippen LogP contribution in [0.1, 0.15) is 17.7 Å². The maximum absolute atomic E-state index is 6.33. The molecule has 4 N–H and O–H groups in total. The predicted molar refractivity (Wildman–Crippen MR) is 139 cm³/mol. The lowest BCUT2D eigenvalue weighted by molar-refractivity contribution is 0.331. The van der Waals surface area contributed by atoms with Gasteiger partial charge in [0.25, 0.3) is 0 Å². The third-order valence-corrected chi connectivity index (χ3v) is 6.80. The first-order chi connectivity index (χ1) is 17.2. The minimum absolute atomic E-state index is 0.492. The van der Waals surface area contributed by atoms with Gasteiger partial charge in [-0.2, -0.15) is 10.2 Å². The van der Waals surface area contributed by atoms with Gasteiger partial charge in [-0.1, -0.05) is 42.5 Å². The summed E-state index contributed by atoms with van der Waals surface area (Å²) in [5.74, 6) is 1.26. The SMILES string of the molecule is Nc1ncnn2c(CCCNCC3CNC3)cc(-c3ccc4cn(Cc5ccccc5)nc4c3)c12. The molecule has 1 saturated heterocycles. The molecule has 5 aromatic rings. The van der Waals surface area contributed by atoms with Crippen LogP contribution in [0.5, 0.6) is 0 Å². The Hall–Kier alpha value is -3.75. The first kappa shape index (κ1) is 21.8. The second-order valence-corrected chi connectivity index (χ2v) is 9.37. The lowest BCUT2D eigenvalue weighted by Gasteiger charge is -2.27. The van der Waals surface area contributed by atoms with Gasteiger partial charge in [0, 0.05) is 42.5 Å². The van der Waals surface area contributed by atoms with Crippen LogP contribution in [0.2, 0.25) is 0 Å². The molecular weight excluding hydrogens is 436 g/mol. The maximum Gasteiger partial charge on any atom is 0.151 e. The van der Waals surface area contributed by atoms with Crippen molar-refractivity contribution >= 4 is 22.2 Å². The van der Waals surface area contributed by atoms with E-state index in [0.29, 0.717) is 5.82 Å². The smallest absolute Gasteiger partial charge is 0.151 e. The highest BCUT2D eigenvalue weighted by molar-refractivity contribution is 5.92. The molecule has 8 heteroatoms. The summed E-state index contributed by atoms with van der Waals surface area (Å²) in [6, 6.07) is 19.0. The number of benzene rings is 2. The van der Waals surface area contributed by atoms with E-state index in [1.807, 2.05) is 15.3 Å². The molecule has 0 unspecified atom stereocenters. The largest absolute Gasteiger partial charge is 0.382 e. The van der Waals surface area contributed by atoms with Gasteiger partial charge in [-0.3, -0.25) is 4.68 Å². The zero-order valence-electron chi connectivity index (χ0n) is 19.7. The summed E-state index contributed by atoms with van der Waals surface area (Å²) in [6.45, 7) is 5.08. The van der Waals surface area contributed by atoms with Gasteiger partial charge >= 0.3 is 0 Å². The van der Waals surface area contributed by atoms with Crippen molar-refractivity contribution in [2.75, 3.05) is 31.9 Å². The molecule has 4 heterocycles. The van der Waals surface area contributed by atoms with E-state index in [1.165, 1.54) is 11.9 Å². The van der Waals surface area contributed by atoms with E-state index < -0.39 is 0 Å². The number of aryl methyl sites for hydroxylation is 1. The molecule has 1 fully saturated rings. The second-order valence-electron chi connectivity index (χ2n) is 9.37. The number of nitrogens with zero attached hydrogens (tertiary/aromatic N) is 5. The minimum atomic E-state index is 0.492. The van der Waals surface area contributed by atoms with E-state index in [2.05, 4.69) is 75.4 Å². The number of nitrogens with two attached hydrogens (primary N) is 1. The number of nitrogen functional groups attached to an aromatic ring is 1. The fourth-order valence-electron chi connectivity index (χ4n) is 4.81. The van der Waals surface area contributed by atoms with E-state index in [0.717, 1.165) is 84.7 Å². The molecule has 0 aliphatic carbocycles. The Morgan fingerprint density at radius 3 is 2.80 bits per heavy atom. The van der Waals surface area contributed by atoms with Gasteiger partial charge < -0.3 is 16.4 Å². The van der Waals surface area contributed by atoms with Gasteiger partial charge in [-0.15, -0.1) is 0 Å². The summed E-state index contributed by atoms with van der Waals surface area (Å²) in [7, 11) is 0. The van der Waals surface area contributed by atoms with E-state index in [1.54, 1.807) is 0 Å². The molecule has 178 valence electrons. The number of nitrogens with one attached hydrogen (secondary N) is 2. The fourth-order valence-corrected chi connectivity index (χ4v) is 4.81. The molecule has 3 aromatic heterocycles. The van der Waals surface area contributed by atoms with Gasteiger partial charge in [0.15, 0.2) is 5.82 Å². The third-order valence-electron chi connectivity index (χ3n) is 6.80. The van der Waals surface area contributed by atoms with Gasteiger partial charge in [-0.25, -0.2) is 9.50 Å². The Balaban J connectivity index is 1.25. The molecule has 2 aromatic carbocycles. The van der Waals surface area contributed by atoms with Crippen molar-refractivity contribution in [3.8, 4) is 11.1 Å². The molecule has 35 heavy (non-hydrogen) atoms. The molecule has 1 aliphatic rings. The third kappa shape index (κ3) is 4.50. The lowest BCUT2D eigenvalue weighted by Crippen LogP contribution is -2.47. The highest BCUT2D eigenvalue weighted by atomic mass is 15.3. The summed E-state index contributed by atoms with van der Waals surface area (Å²) in [6.07, 6.45) is 5.59. The van der Waals surface area contributed by atoms with E-state index >= 15 is 0 Å². The van der Waals surface area contributed by atoms with Crippen molar-refractivity contribution in [3.63, 3.8) is 0 Å². The highest BCUT2D eigenvalue weighted by Crippen LogP contribution is 2.32. The molecule has 0 spiro atoms. The zero-order valence-corrected chi connectivity index (χ0v) is 19.7. The quantitative estimate of drug-likeness (QED) is 0.289. The number of fused-ring (bicyclic) bond motifs is 2. The second kappa shape index (κ2) is 9.48. The fraction of sp³-hybridized carbons (Fsp3) is 0.296. The predicted octanol–water partition coefficient (Wildman–Crippen LogP) is 3.12. The van der Waals surface area contributed by atoms with Crippen molar-refractivity contribution in [1.29, 1.82) is 0 Å². The Labute approximate surface area is 204 Å². The lowest BCUT2D eigenvalue weighted by atomic mass is 10.0. The van der Waals surface area contributed by atoms with Crippen LogP contribution in [-0.2, 0) is 13.0 Å². The molecule has 0 amide bonds. The van der Waals surface area contributed by atoms with Crippen molar-refractivity contribution in [3.05, 3.63) is 78.4 Å². The summed E-state index contributed by atoms with van der Waals surface area (Å²) in [5.41, 5.74) is 12.6. The van der Waals surface area contributed by atoms with Crippen LogP contribution in [0.25, 0.3) is 27.5 Å². The van der Waals surface area contributed by atoms with E-state index in [4.69, 9.17) is 10.8 Å². The van der Waals surface area contributed by atoms with Crippen molar-refractivity contribution < 1.29 is 0 Å². The Morgan fingerprint density at radius 1 is 1.09 bits per heavy atom. The van der Waals surface area contributed by atoms with Crippen LogP contribution in [0, 0.1) is 5.92 Å². The van der Waals surface area contributed by atoms with Crippen LogP contribution in [0.4, 0.5) is 5.82 Å². The Morgan fingerprint density at radius 2 is 1.97 bits per heavy atom. The van der Waals surface area contributed by atoms with Crippen molar-refractivity contribution in [2.24, 2.45) is 5.92 Å². The maximum atomic E-state index is 6.33. The number of anilines is 1. The number of hydrogen-bond donors (Lipinski definition) is 3. The molecule has 0 bridgehead atoms. The topological polar surface area (TPSA) is 98.1 Å². The molecule has 8 nitrogen and oxygen atoms in total. The summed E-state index contributed by atoms with van der Waals surface area (Å²) in [5, 5.41) is 17.4. The first-order valence-electron chi connectivity index (χ1n) is 12.3. The van der Waals surface area contributed by atoms with Gasteiger partial charge in [-0.05, 0) is 48.6 Å². The zero-order chi connectivity index (χ0) is 23.6. The van der Waals surface area contributed by atoms with Crippen LogP contribution in [0.3, 0.4) is 0 Å². The molecule has 0 atom stereocenters. The average molecular weight is 467 g/mol. The molecule has 0 radical (unpaired) electrons. The summed E-state index contributed by atoms with van der Waals surface area (Å²) < 4.78 is 3.95. The van der Waals surface area contributed by atoms with Crippen LogP contribution in [0.15, 0.2) is 67.1 Å². The minimum Gasteiger partial charge on any atom is -0.382 e. The van der Waals surface area contributed by atoms with Gasteiger partial charge in [0.1, 0.15) is 11.8 Å². The normalized spacial score (nSPS) is 14.1. The molecular formula is C27H30N8. The number of aromatic nitrogens is 5. The molecule has 6 rings (SSSR count). The van der Waals surface area contributed by atoms with Crippen LogP contribution >= 0.6 is 0 Å². The number of hydrogen-bond acceptors (Lipinski definition) is 6. The average Bonchev–Trinajstić information content (AvgIpc) is 3.42. The monoisotopic (exact) mass is 466 g/mol. The van der Waals surface area contributed by atoms with Crippen LogP contribution < -0.4 is 16.4 Å². The summed E-state index contributed by atoms with van der Waals surface area (Å²) in [4.78, 5) is 4.27. The van der Waals surface area contributed by atoms with Gasteiger partial charge in [0.05, 0.1) is 12.1 Å². The Bertz CT molecular complexity index is 1450. The van der Waals surface area contributed by atoms with Crippen molar-refractivity contribution in [1.82, 2.24) is 35.0 Å². The standard InChI is InChI=1S/C27H30N8/c28-27-26-24(12-23(35(26)32-18-31-27)7-4-10-29-13-20-14-30-15-20)21-8-9-22-17-34(33-25(22)11-21)16-19-5-2-1-3-6-19/h1-3,5-6,8-9,11-12,17-18,20,29-30H,4,7,10,13-16H2,(H2,28,31,32). The first-order valence-corrected chi connectivity index (χ1v) is 12.3. The van der Waals surface area contributed by atoms with E-state index in [-0.39, 0.29) is 0 Å². The highest BCUT2D eigenvalue weighted by Gasteiger charge is 2.17. The molecule has 0 saturated carbocycles. The van der Waals surface area contributed by atoms with E-state index in [9.17, 15) is 0 Å². The number of rotatable bonds is 9. The summed E-state index contributed by atoms with van der Waals surface area (Å²) >= 11 is 0. The Kier molecular flexibility index (Phi) is 5.89. The van der Waals surface area contributed by atoms with Crippen LogP contribution in [-0.4, -0.2) is 50.6 Å². The van der Waals surface area contributed by atoms with Crippen molar-refractivity contribution in [2.45, 2.75) is 19.4 Å². The van der Waals surface area contributed by atoms with Gasteiger partial charge in [0.2, 0.25) is 0 Å². The molecule has 1 aliphatic heterocycles.